The molecular weight excluding hydrogens is 292 g/mol. The number of carbonyl (C=O) groups excluding carboxylic acids is 2. The second-order valence-electron chi connectivity index (χ2n) is 6.27. The number of likely N-dealkylation sites (tertiary alicyclic amines) is 1. The molecule has 0 aliphatic carbocycles. The summed E-state index contributed by atoms with van der Waals surface area (Å²) in [6.45, 7) is 2.94. The van der Waals surface area contributed by atoms with Crippen molar-refractivity contribution in [2.45, 2.75) is 25.8 Å². The number of fused-ring (bicyclic) bond motifs is 1. The van der Waals surface area contributed by atoms with Crippen molar-refractivity contribution in [1.82, 2.24) is 9.80 Å². The smallest absolute Gasteiger partial charge is 0.225 e. The summed E-state index contributed by atoms with van der Waals surface area (Å²) in [4.78, 5) is 28.0. The zero-order chi connectivity index (χ0) is 16.4. The van der Waals surface area contributed by atoms with Crippen LogP contribution in [0.5, 0.6) is 0 Å². The van der Waals surface area contributed by atoms with E-state index in [2.05, 4.69) is 0 Å². The minimum Gasteiger partial charge on any atom is -0.396 e. The average molecular weight is 314 g/mol. The van der Waals surface area contributed by atoms with Gasteiger partial charge < -0.3 is 14.9 Å². The molecule has 2 unspecified atom stereocenters. The van der Waals surface area contributed by atoms with Gasteiger partial charge >= 0.3 is 0 Å². The number of amides is 2. The van der Waals surface area contributed by atoms with Gasteiger partial charge in [0.25, 0.3) is 0 Å². The number of aliphatic hydroxyl groups excluding tert-OH is 1. The zero-order valence-electron chi connectivity index (χ0n) is 13.3. The molecule has 1 fully saturated rings. The predicted molar refractivity (Wildman–Crippen MR) is 87.1 cm³/mol. The number of carbonyl (C=O) groups is 2. The van der Waals surface area contributed by atoms with Gasteiger partial charge in [-0.15, -0.1) is 0 Å². The molecule has 1 saturated heterocycles. The lowest BCUT2D eigenvalue weighted by atomic mass is 9.93. The fourth-order valence-corrected chi connectivity index (χ4v) is 3.42. The van der Waals surface area contributed by atoms with E-state index in [9.17, 15) is 14.7 Å². The van der Waals surface area contributed by atoms with Crippen molar-refractivity contribution in [3.8, 4) is 0 Å². The molecule has 1 aromatic carbocycles. The standard InChI is InChI=1S/C18H22N2O3/c1-13(22)20-9-7-15-4-2-3-5-16(15)17(20)10-18(23)19-8-6-14(11-19)12-21/h2-5,7,9,14,17,21H,6,8,10-12H2,1H3. The summed E-state index contributed by atoms with van der Waals surface area (Å²) in [5.41, 5.74) is 2.06. The number of rotatable bonds is 3. The Hall–Kier alpha value is -2.14. The lowest BCUT2D eigenvalue weighted by Crippen LogP contribution is -2.36. The predicted octanol–water partition coefficient (Wildman–Crippen LogP) is 1.79. The van der Waals surface area contributed by atoms with E-state index < -0.39 is 0 Å². The monoisotopic (exact) mass is 314 g/mol. The lowest BCUT2D eigenvalue weighted by Gasteiger charge is -2.33. The molecule has 5 heteroatoms. The summed E-state index contributed by atoms with van der Waals surface area (Å²) in [6.07, 6.45) is 4.80. The molecular formula is C18H22N2O3. The van der Waals surface area contributed by atoms with E-state index >= 15 is 0 Å². The third-order valence-electron chi connectivity index (χ3n) is 4.73. The first-order valence-electron chi connectivity index (χ1n) is 8.05. The molecule has 0 radical (unpaired) electrons. The van der Waals surface area contributed by atoms with Crippen LogP contribution < -0.4 is 0 Å². The second kappa shape index (κ2) is 6.54. The molecule has 23 heavy (non-hydrogen) atoms. The minimum atomic E-state index is -0.255. The van der Waals surface area contributed by atoms with Crippen LogP contribution in [-0.4, -0.2) is 46.4 Å². The van der Waals surface area contributed by atoms with Crippen LogP contribution in [0, 0.1) is 5.92 Å². The van der Waals surface area contributed by atoms with Crippen LogP contribution in [0.15, 0.2) is 30.5 Å². The van der Waals surface area contributed by atoms with Crippen molar-refractivity contribution in [2.75, 3.05) is 19.7 Å². The van der Waals surface area contributed by atoms with Crippen molar-refractivity contribution in [3.05, 3.63) is 41.6 Å². The van der Waals surface area contributed by atoms with E-state index in [0.29, 0.717) is 13.1 Å². The quantitative estimate of drug-likeness (QED) is 0.925. The zero-order valence-corrected chi connectivity index (χ0v) is 13.3. The Balaban J connectivity index is 1.80. The van der Waals surface area contributed by atoms with E-state index in [4.69, 9.17) is 0 Å². The van der Waals surface area contributed by atoms with Crippen molar-refractivity contribution in [2.24, 2.45) is 5.92 Å². The molecule has 0 saturated carbocycles. The number of hydrogen-bond acceptors (Lipinski definition) is 3. The second-order valence-corrected chi connectivity index (χ2v) is 6.27. The topological polar surface area (TPSA) is 60.9 Å². The first-order chi connectivity index (χ1) is 11.1. The Labute approximate surface area is 136 Å². The highest BCUT2D eigenvalue weighted by Gasteiger charge is 2.32. The summed E-state index contributed by atoms with van der Waals surface area (Å²) in [5, 5.41) is 9.23. The maximum absolute atomic E-state index is 12.6. The SMILES string of the molecule is CC(=O)N1C=Cc2ccccc2C1CC(=O)N1CCC(CO)C1. The van der Waals surface area contributed by atoms with Gasteiger partial charge in [0.2, 0.25) is 11.8 Å². The van der Waals surface area contributed by atoms with Gasteiger partial charge in [-0.05, 0) is 23.6 Å². The number of aliphatic hydroxyl groups is 1. The molecule has 122 valence electrons. The molecule has 2 aliphatic rings. The van der Waals surface area contributed by atoms with E-state index in [1.54, 1.807) is 16.0 Å². The summed E-state index contributed by atoms with van der Waals surface area (Å²) in [5.74, 6) is 0.159. The van der Waals surface area contributed by atoms with Gasteiger partial charge in [-0.3, -0.25) is 9.59 Å². The Morgan fingerprint density at radius 3 is 2.78 bits per heavy atom. The molecule has 0 spiro atoms. The van der Waals surface area contributed by atoms with E-state index in [1.807, 2.05) is 30.3 Å². The first-order valence-corrected chi connectivity index (χ1v) is 8.05. The molecule has 1 aromatic rings. The molecule has 5 nitrogen and oxygen atoms in total. The molecule has 2 aliphatic heterocycles. The highest BCUT2D eigenvalue weighted by Crippen LogP contribution is 2.33. The molecule has 2 atom stereocenters. The van der Waals surface area contributed by atoms with Crippen LogP contribution in [0.3, 0.4) is 0 Å². The van der Waals surface area contributed by atoms with Gasteiger partial charge in [-0.2, -0.15) is 0 Å². The van der Waals surface area contributed by atoms with Crippen LogP contribution in [0.1, 0.15) is 36.9 Å². The third-order valence-corrected chi connectivity index (χ3v) is 4.73. The van der Waals surface area contributed by atoms with E-state index in [1.165, 1.54) is 6.92 Å². The fourth-order valence-electron chi connectivity index (χ4n) is 3.42. The van der Waals surface area contributed by atoms with Crippen LogP contribution in [0.2, 0.25) is 0 Å². The molecule has 3 rings (SSSR count). The van der Waals surface area contributed by atoms with E-state index in [0.717, 1.165) is 17.5 Å². The highest BCUT2D eigenvalue weighted by atomic mass is 16.3. The number of nitrogens with zero attached hydrogens (tertiary/aromatic N) is 2. The van der Waals surface area contributed by atoms with Crippen LogP contribution in [0.4, 0.5) is 0 Å². The number of benzene rings is 1. The highest BCUT2D eigenvalue weighted by molar-refractivity contribution is 5.82. The normalized spacial score (nSPS) is 23.0. The molecule has 0 bridgehead atoms. The Bertz CT molecular complexity index is 641. The fraction of sp³-hybridized carbons (Fsp3) is 0.444. The Kier molecular flexibility index (Phi) is 4.48. The maximum atomic E-state index is 12.6. The summed E-state index contributed by atoms with van der Waals surface area (Å²) in [7, 11) is 0. The van der Waals surface area contributed by atoms with E-state index in [-0.39, 0.29) is 36.8 Å². The summed E-state index contributed by atoms with van der Waals surface area (Å²) < 4.78 is 0. The minimum absolute atomic E-state index is 0.0438. The summed E-state index contributed by atoms with van der Waals surface area (Å²) in [6, 6.07) is 7.61. The van der Waals surface area contributed by atoms with Crippen molar-refractivity contribution >= 4 is 17.9 Å². The Morgan fingerprint density at radius 1 is 1.30 bits per heavy atom. The third kappa shape index (κ3) is 3.15. The average Bonchev–Trinajstić information content (AvgIpc) is 3.04. The lowest BCUT2D eigenvalue weighted by molar-refractivity contribution is -0.134. The van der Waals surface area contributed by atoms with Gasteiger partial charge in [-0.25, -0.2) is 0 Å². The molecule has 2 amide bonds. The van der Waals surface area contributed by atoms with Gasteiger partial charge in [-0.1, -0.05) is 24.3 Å². The molecule has 2 heterocycles. The molecule has 1 N–H and O–H groups in total. The van der Waals surface area contributed by atoms with Crippen molar-refractivity contribution < 1.29 is 14.7 Å². The first kappa shape index (κ1) is 15.7. The summed E-state index contributed by atoms with van der Waals surface area (Å²) >= 11 is 0. The Morgan fingerprint density at radius 2 is 2.09 bits per heavy atom. The van der Waals surface area contributed by atoms with Gasteiger partial charge in [0.15, 0.2) is 0 Å². The van der Waals surface area contributed by atoms with Crippen molar-refractivity contribution in [1.29, 1.82) is 0 Å². The van der Waals surface area contributed by atoms with Gasteiger partial charge in [0.05, 0.1) is 12.5 Å². The maximum Gasteiger partial charge on any atom is 0.225 e. The van der Waals surface area contributed by atoms with Gasteiger partial charge in [0, 0.05) is 38.7 Å². The number of hydrogen-bond donors (Lipinski definition) is 1. The largest absolute Gasteiger partial charge is 0.396 e. The van der Waals surface area contributed by atoms with Crippen LogP contribution in [0.25, 0.3) is 6.08 Å². The van der Waals surface area contributed by atoms with Gasteiger partial charge in [0.1, 0.15) is 0 Å². The van der Waals surface area contributed by atoms with Crippen LogP contribution >= 0.6 is 0 Å². The van der Waals surface area contributed by atoms with Crippen LogP contribution in [-0.2, 0) is 9.59 Å². The molecule has 0 aromatic heterocycles. The van der Waals surface area contributed by atoms with Crippen molar-refractivity contribution in [3.63, 3.8) is 0 Å².